The second-order valence-corrected chi connectivity index (χ2v) is 8.73. The molecule has 3 aliphatic heterocycles. The van der Waals surface area contributed by atoms with Crippen LogP contribution in [-0.2, 0) is 21.6 Å². The highest BCUT2D eigenvalue weighted by molar-refractivity contribution is 7.14. The summed E-state index contributed by atoms with van der Waals surface area (Å²) in [6.07, 6.45) is 2.99. The number of hydrogen-bond acceptors (Lipinski definition) is 5. The molecule has 0 bridgehead atoms. The van der Waals surface area contributed by atoms with E-state index in [1.807, 2.05) is 30.3 Å². The fraction of sp³-hybridized carbons (Fsp3) is 0.429. The highest BCUT2D eigenvalue weighted by Crippen LogP contribution is 2.44. The summed E-state index contributed by atoms with van der Waals surface area (Å²) in [5, 5.41) is 9.34. The number of benzene rings is 1. The van der Waals surface area contributed by atoms with Gasteiger partial charge in [0.15, 0.2) is 0 Å². The summed E-state index contributed by atoms with van der Waals surface area (Å²) in [4.78, 5) is 27.0. The summed E-state index contributed by atoms with van der Waals surface area (Å²) in [6.45, 7) is 2.58. The molecule has 1 spiro atoms. The van der Waals surface area contributed by atoms with E-state index < -0.39 is 0 Å². The molecule has 5 rings (SSSR count). The second-order valence-electron chi connectivity index (χ2n) is 7.67. The van der Waals surface area contributed by atoms with Crippen LogP contribution in [0.5, 0.6) is 0 Å². The van der Waals surface area contributed by atoms with Gasteiger partial charge >= 0.3 is 0 Å². The lowest BCUT2D eigenvalue weighted by Gasteiger charge is -2.40. The van der Waals surface area contributed by atoms with Crippen molar-refractivity contribution in [3.05, 3.63) is 51.2 Å². The van der Waals surface area contributed by atoms with Crippen molar-refractivity contribution in [2.75, 3.05) is 25.0 Å². The lowest BCUT2D eigenvalue weighted by atomic mass is 9.86. The smallest absolute Gasteiger partial charge is 0.261 e. The van der Waals surface area contributed by atoms with Crippen LogP contribution in [-0.4, -0.2) is 31.5 Å². The molecule has 1 aromatic heterocycles. The van der Waals surface area contributed by atoms with Crippen LogP contribution in [0.25, 0.3) is 0 Å². The zero-order valence-electron chi connectivity index (χ0n) is 16.0. The van der Waals surface area contributed by atoms with Crippen LogP contribution >= 0.6 is 23.7 Å². The third-order valence-electron chi connectivity index (χ3n) is 5.91. The van der Waals surface area contributed by atoms with Crippen LogP contribution in [0.2, 0.25) is 0 Å². The number of carbonyl (C=O) groups excluding carboxylic acids is 2. The molecule has 3 aliphatic rings. The van der Waals surface area contributed by atoms with E-state index >= 15 is 0 Å². The molecule has 1 aromatic carbocycles. The zero-order chi connectivity index (χ0) is 19.1. The fourth-order valence-electron chi connectivity index (χ4n) is 4.51. The van der Waals surface area contributed by atoms with Crippen molar-refractivity contribution in [2.45, 2.75) is 37.3 Å². The van der Waals surface area contributed by atoms with Gasteiger partial charge in [-0.05, 0) is 55.6 Å². The lowest BCUT2D eigenvalue weighted by Crippen LogP contribution is -2.43. The lowest BCUT2D eigenvalue weighted by molar-refractivity contribution is -0.116. The quantitative estimate of drug-likeness (QED) is 0.679. The Morgan fingerprint density at radius 1 is 1.24 bits per heavy atom. The average Bonchev–Trinajstić information content (AvgIpc) is 3.15. The highest BCUT2D eigenvalue weighted by atomic mass is 35.5. The predicted octanol–water partition coefficient (Wildman–Crippen LogP) is 3.13. The normalized spacial score (nSPS) is 22.1. The average molecular weight is 434 g/mol. The van der Waals surface area contributed by atoms with Gasteiger partial charge in [-0.2, -0.15) is 0 Å². The molecule has 6 nitrogen and oxygen atoms in total. The largest absolute Gasteiger partial charge is 0.369 e. The van der Waals surface area contributed by atoms with Crippen LogP contribution in [0.15, 0.2) is 30.3 Å². The monoisotopic (exact) mass is 433 g/mol. The number of hydrogen-bond donors (Lipinski definition) is 3. The molecular formula is C21H24ClN3O3S. The van der Waals surface area contributed by atoms with E-state index in [1.54, 1.807) is 11.3 Å². The summed E-state index contributed by atoms with van der Waals surface area (Å²) in [7, 11) is 0. The van der Waals surface area contributed by atoms with Crippen molar-refractivity contribution in [1.82, 2.24) is 10.6 Å². The third-order valence-corrected chi connectivity index (χ3v) is 7.27. The molecule has 154 valence electrons. The molecule has 1 fully saturated rings. The third kappa shape index (κ3) is 3.68. The van der Waals surface area contributed by atoms with Gasteiger partial charge in [0.25, 0.3) is 5.91 Å². The summed E-state index contributed by atoms with van der Waals surface area (Å²) in [5.74, 6) is -0.186. The van der Waals surface area contributed by atoms with Gasteiger partial charge in [-0.1, -0.05) is 18.2 Å². The van der Waals surface area contributed by atoms with E-state index in [1.165, 1.54) is 10.4 Å². The van der Waals surface area contributed by atoms with Gasteiger partial charge in [-0.3, -0.25) is 9.59 Å². The number of nitrogens with one attached hydrogen (secondary N) is 3. The summed E-state index contributed by atoms with van der Waals surface area (Å²) < 4.78 is 6.22. The number of rotatable bonds is 2. The summed E-state index contributed by atoms with van der Waals surface area (Å²) >= 11 is 1.55. The minimum atomic E-state index is -0.305. The van der Waals surface area contributed by atoms with Crippen LogP contribution in [0.4, 0.5) is 5.69 Å². The van der Waals surface area contributed by atoms with Gasteiger partial charge in [0.1, 0.15) is 5.60 Å². The molecule has 0 radical (unpaired) electrons. The molecular weight excluding hydrogens is 410 g/mol. The Kier molecular flexibility index (Phi) is 5.66. The van der Waals surface area contributed by atoms with Crippen molar-refractivity contribution in [3.8, 4) is 0 Å². The first-order valence-corrected chi connectivity index (χ1v) is 10.6. The van der Waals surface area contributed by atoms with E-state index in [-0.39, 0.29) is 42.3 Å². The van der Waals surface area contributed by atoms with E-state index in [4.69, 9.17) is 4.74 Å². The van der Waals surface area contributed by atoms with Gasteiger partial charge in [-0.15, -0.1) is 23.7 Å². The van der Waals surface area contributed by atoms with Crippen molar-refractivity contribution in [3.63, 3.8) is 0 Å². The minimum Gasteiger partial charge on any atom is -0.369 e. The summed E-state index contributed by atoms with van der Waals surface area (Å²) in [6, 6.07) is 9.36. The van der Waals surface area contributed by atoms with Gasteiger partial charge in [0, 0.05) is 10.6 Å². The number of fused-ring (bicyclic) bond motifs is 3. The number of halogens is 1. The molecule has 1 atom stereocenters. The van der Waals surface area contributed by atoms with Crippen molar-refractivity contribution in [2.24, 2.45) is 0 Å². The van der Waals surface area contributed by atoms with Crippen LogP contribution in [0, 0.1) is 0 Å². The standard InChI is InChI=1S/C21H23N3O3S.ClH/c25-18-12-16(14-3-1-2-4-15(14)23-18)24-20(26)17-11-13-5-10-27-21(19(13)28-17)6-8-22-9-7-21;/h1-4,11,16,22H,5-10,12H2,(H,23,25)(H,24,26);1H. The number of amides is 2. The van der Waals surface area contributed by atoms with E-state index in [0.717, 1.165) is 43.6 Å². The first kappa shape index (κ1) is 20.3. The van der Waals surface area contributed by atoms with Crippen LogP contribution < -0.4 is 16.0 Å². The zero-order valence-corrected chi connectivity index (χ0v) is 17.6. The highest BCUT2D eigenvalue weighted by Gasteiger charge is 2.41. The number of ether oxygens (including phenoxy) is 1. The van der Waals surface area contributed by atoms with Gasteiger partial charge in [-0.25, -0.2) is 0 Å². The Morgan fingerprint density at radius 3 is 2.86 bits per heavy atom. The first-order chi connectivity index (χ1) is 13.6. The molecule has 2 aromatic rings. The SMILES string of the molecule is Cl.O=C1CC(NC(=O)c2cc3c(s2)C2(CCNCC2)OCC3)c2ccccc2N1. The minimum absolute atomic E-state index is 0. The Morgan fingerprint density at radius 2 is 2.03 bits per heavy atom. The van der Waals surface area contributed by atoms with Crippen molar-refractivity contribution < 1.29 is 14.3 Å². The number of anilines is 1. The molecule has 4 heterocycles. The second kappa shape index (κ2) is 8.07. The number of thiophene rings is 1. The molecule has 3 N–H and O–H groups in total. The maximum Gasteiger partial charge on any atom is 0.261 e. The maximum atomic E-state index is 13.0. The van der Waals surface area contributed by atoms with Gasteiger partial charge in [0.05, 0.1) is 23.9 Å². The molecule has 1 saturated heterocycles. The Balaban J connectivity index is 0.00000205. The van der Waals surface area contributed by atoms with Crippen molar-refractivity contribution in [1.29, 1.82) is 0 Å². The van der Waals surface area contributed by atoms with E-state index in [2.05, 4.69) is 16.0 Å². The first-order valence-electron chi connectivity index (χ1n) is 9.82. The number of carbonyl (C=O) groups is 2. The number of para-hydroxylation sites is 1. The molecule has 29 heavy (non-hydrogen) atoms. The van der Waals surface area contributed by atoms with Gasteiger partial charge < -0.3 is 20.7 Å². The molecule has 8 heteroatoms. The molecule has 1 unspecified atom stereocenters. The predicted molar refractivity (Wildman–Crippen MR) is 115 cm³/mol. The van der Waals surface area contributed by atoms with Crippen LogP contribution in [0.1, 0.15) is 51.0 Å². The van der Waals surface area contributed by atoms with E-state index in [9.17, 15) is 9.59 Å². The fourth-order valence-corrected chi connectivity index (χ4v) is 5.82. The van der Waals surface area contributed by atoms with E-state index in [0.29, 0.717) is 11.5 Å². The Labute approximate surface area is 179 Å². The molecule has 2 amide bonds. The van der Waals surface area contributed by atoms with Crippen LogP contribution in [0.3, 0.4) is 0 Å². The Hall–Kier alpha value is -1.93. The topological polar surface area (TPSA) is 79.5 Å². The summed E-state index contributed by atoms with van der Waals surface area (Å²) in [5.41, 5.74) is 2.73. The number of piperidine rings is 1. The van der Waals surface area contributed by atoms with Crippen molar-refractivity contribution >= 4 is 41.2 Å². The maximum absolute atomic E-state index is 13.0. The molecule has 0 saturated carbocycles. The Bertz CT molecular complexity index is 939. The van der Waals surface area contributed by atoms with Gasteiger partial charge in [0.2, 0.25) is 5.91 Å². The molecule has 0 aliphatic carbocycles.